The number of rotatable bonds is 5. The van der Waals surface area contributed by atoms with Crippen molar-refractivity contribution >= 4 is 23.7 Å². The summed E-state index contributed by atoms with van der Waals surface area (Å²) < 4.78 is 4.31. The summed E-state index contributed by atoms with van der Waals surface area (Å²) in [6, 6.07) is -0.944. The first-order valence-corrected chi connectivity index (χ1v) is 6.87. The summed E-state index contributed by atoms with van der Waals surface area (Å²) in [7, 11) is 1.19. The monoisotopic (exact) mass is 295 g/mol. The number of nitrogens with one attached hydrogen (secondary N) is 1. The van der Waals surface area contributed by atoms with Gasteiger partial charge in [-0.15, -0.1) is 11.6 Å². The van der Waals surface area contributed by atoms with Gasteiger partial charge in [-0.1, -0.05) is 40.5 Å². The quantitative estimate of drug-likeness (QED) is 0.603. The minimum absolute atomic E-state index is 0.542. The zero-order valence-electron chi connectivity index (χ0n) is 12.5. The summed E-state index contributed by atoms with van der Waals surface area (Å²) in [6.45, 7) is 7.34. The molecule has 5 nitrogen and oxygen atoms in total. The summed E-state index contributed by atoms with van der Waals surface area (Å²) in [5.41, 5.74) is -0.542. The number of alkyl carbamates (subject to hydrolysis) is 1. The Morgan fingerprint density at radius 2 is 1.84 bits per heavy atom. The van der Waals surface area contributed by atoms with Gasteiger partial charge >= 0.3 is 12.1 Å². The molecular weight excluding hydrogens is 270 g/mol. The average Bonchev–Trinajstić information content (AvgIpc) is 2.31. The minimum Gasteiger partial charge on any atom is -0.480 e. The fourth-order valence-corrected chi connectivity index (χ4v) is 1.36. The van der Waals surface area contributed by atoms with Gasteiger partial charge in [0.2, 0.25) is 0 Å². The Hall–Kier alpha value is -0.970. The molecule has 0 fully saturated rings. The average molecular weight is 296 g/mol. The number of hydrogen-bond donors (Lipinski definition) is 2. The van der Waals surface area contributed by atoms with Gasteiger partial charge in [0.25, 0.3) is 0 Å². The molecule has 0 heterocycles. The van der Waals surface area contributed by atoms with E-state index in [1.165, 1.54) is 26.4 Å². The molecule has 0 aliphatic rings. The van der Waals surface area contributed by atoms with Crippen molar-refractivity contribution in [2.45, 2.75) is 53.0 Å². The highest BCUT2D eigenvalue weighted by molar-refractivity contribution is 6.17. The number of carboxylic acid groups (broad SMARTS) is 1. The first-order valence-electron chi connectivity index (χ1n) is 6.33. The fraction of sp³-hybridized carbons (Fsp3) is 0.846. The molecule has 0 saturated heterocycles. The number of methoxy groups -OCH3 is 1. The molecule has 0 saturated carbocycles. The van der Waals surface area contributed by atoms with Gasteiger partial charge in [-0.2, -0.15) is 0 Å². The topological polar surface area (TPSA) is 75.6 Å². The molecule has 114 valence electrons. The van der Waals surface area contributed by atoms with Crippen LogP contribution in [0.4, 0.5) is 4.79 Å². The molecule has 0 aromatic heterocycles. The van der Waals surface area contributed by atoms with Crippen LogP contribution in [0, 0.1) is 5.41 Å². The molecule has 0 aliphatic heterocycles. The minimum atomic E-state index is -1.07. The van der Waals surface area contributed by atoms with Crippen LogP contribution >= 0.6 is 11.6 Å². The third-order valence-corrected chi connectivity index (χ3v) is 2.57. The van der Waals surface area contributed by atoms with Crippen molar-refractivity contribution in [2.24, 2.45) is 5.41 Å². The summed E-state index contributed by atoms with van der Waals surface area (Å²) >= 11 is 5.38. The number of amides is 1. The van der Waals surface area contributed by atoms with Crippen LogP contribution in [-0.2, 0) is 9.53 Å². The zero-order valence-corrected chi connectivity index (χ0v) is 13.2. The van der Waals surface area contributed by atoms with Crippen LogP contribution in [0.1, 0.15) is 47.0 Å². The lowest BCUT2D eigenvalue weighted by atomic mass is 9.87. The number of carbonyl (C=O) groups excluding carboxylic acids is 1. The van der Waals surface area contributed by atoms with Gasteiger partial charge in [0.1, 0.15) is 6.04 Å². The zero-order chi connectivity index (χ0) is 15.5. The molecule has 0 bridgehead atoms. The maximum atomic E-state index is 10.8. The van der Waals surface area contributed by atoms with E-state index in [4.69, 9.17) is 16.7 Å². The third-order valence-electron chi connectivity index (χ3n) is 2.30. The molecule has 0 radical (unpaired) electrons. The maximum absolute atomic E-state index is 10.8. The molecule has 0 aliphatic carbocycles. The van der Waals surface area contributed by atoms with Crippen molar-refractivity contribution in [3.05, 3.63) is 0 Å². The van der Waals surface area contributed by atoms with Gasteiger partial charge in [0.15, 0.2) is 0 Å². The highest BCUT2D eigenvalue weighted by Crippen LogP contribution is 2.19. The van der Waals surface area contributed by atoms with E-state index in [0.29, 0.717) is 0 Å². The van der Waals surface area contributed by atoms with E-state index in [-0.39, 0.29) is 0 Å². The predicted molar refractivity (Wildman–Crippen MR) is 76.7 cm³/mol. The summed E-state index contributed by atoms with van der Waals surface area (Å²) in [5, 5.41) is 11.0. The lowest BCUT2D eigenvalue weighted by Crippen LogP contribution is -2.49. The molecule has 0 rings (SSSR count). The van der Waals surface area contributed by atoms with Crippen molar-refractivity contribution in [3.8, 4) is 0 Å². The number of hydrogen-bond acceptors (Lipinski definition) is 3. The second-order valence-electron chi connectivity index (χ2n) is 5.17. The number of carboxylic acids is 1. The lowest BCUT2D eigenvalue weighted by molar-refractivity contribution is -0.142. The van der Waals surface area contributed by atoms with Crippen molar-refractivity contribution in [2.75, 3.05) is 13.0 Å². The van der Waals surface area contributed by atoms with Crippen LogP contribution in [0.15, 0.2) is 0 Å². The number of unbranched alkanes of at least 4 members (excludes halogenated alkanes) is 2. The number of halogens is 1. The Morgan fingerprint density at radius 1 is 1.32 bits per heavy atom. The second-order valence-corrected chi connectivity index (χ2v) is 5.55. The van der Waals surface area contributed by atoms with Crippen molar-refractivity contribution in [1.82, 2.24) is 5.32 Å². The van der Waals surface area contributed by atoms with Gasteiger partial charge < -0.3 is 15.2 Å². The predicted octanol–water partition coefficient (Wildman–Crippen LogP) is 3.26. The summed E-state index contributed by atoms with van der Waals surface area (Å²) in [4.78, 5) is 21.5. The Labute approximate surface area is 120 Å². The molecule has 1 atom stereocenters. The standard InChI is InChI=1S/C8H15NO4.C5H11Cl/c1-8(2,3)5(6(10)11)9-7(12)13-4;1-2-3-4-5-6/h5H,1-4H3,(H,9,12)(H,10,11);2-5H2,1H3. The highest BCUT2D eigenvalue weighted by Gasteiger charge is 2.32. The highest BCUT2D eigenvalue weighted by atomic mass is 35.5. The van der Waals surface area contributed by atoms with E-state index < -0.39 is 23.5 Å². The lowest BCUT2D eigenvalue weighted by Gasteiger charge is -2.26. The molecule has 6 heteroatoms. The van der Waals surface area contributed by atoms with Crippen LogP contribution in [0.25, 0.3) is 0 Å². The normalized spacial score (nSPS) is 11.9. The Bertz CT molecular complexity index is 260. The molecule has 19 heavy (non-hydrogen) atoms. The molecule has 2 N–H and O–H groups in total. The molecule has 1 unspecified atom stereocenters. The van der Waals surface area contributed by atoms with E-state index in [1.54, 1.807) is 20.8 Å². The largest absolute Gasteiger partial charge is 0.480 e. The first-order chi connectivity index (χ1) is 8.70. The van der Waals surface area contributed by atoms with Gasteiger partial charge in [-0.05, 0) is 11.8 Å². The van der Waals surface area contributed by atoms with Crippen LogP contribution in [0.5, 0.6) is 0 Å². The Balaban J connectivity index is 0. The number of carbonyl (C=O) groups is 2. The van der Waals surface area contributed by atoms with Crippen molar-refractivity contribution in [3.63, 3.8) is 0 Å². The molecular formula is C13H26ClNO4. The second kappa shape index (κ2) is 10.9. The SMILES string of the molecule is CCCCCCl.COC(=O)NC(C(=O)O)C(C)(C)C. The maximum Gasteiger partial charge on any atom is 0.407 e. The number of ether oxygens (including phenoxy) is 1. The molecule has 0 spiro atoms. The van der Waals surface area contributed by atoms with Gasteiger partial charge in [0.05, 0.1) is 7.11 Å². The van der Waals surface area contributed by atoms with Crippen molar-refractivity contribution < 1.29 is 19.4 Å². The number of alkyl halides is 1. The van der Waals surface area contributed by atoms with E-state index in [1.807, 2.05) is 0 Å². The van der Waals surface area contributed by atoms with E-state index in [0.717, 1.165) is 5.88 Å². The fourth-order valence-electron chi connectivity index (χ4n) is 1.17. The number of aliphatic carboxylic acids is 1. The first kappa shape index (κ1) is 20.3. The van der Waals surface area contributed by atoms with Gasteiger partial charge in [-0.25, -0.2) is 9.59 Å². The smallest absolute Gasteiger partial charge is 0.407 e. The summed E-state index contributed by atoms with van der Waals surface area (Å²) in [6.07, 6.45) is 3.00. The summed E-state index contributed by atoms with van der Waals surface area (Å²) in [5.74, 6) is -0.244. The third kappa shape index (κ3) is 11.8. The van der Waals surface area contributed by atoms with Crippen LogP contribution < -0.4 is 5.32 Å². The van der Waals surface area contributed by atoms with E-state index in [9.17, 15) is 9.59 Å². The molecule has 1 amide bonds. The Kier molecular flexibility index (Phi) is 11.7. The van der Waals surface area contributed by atoms with Crippen molar-refractivity contribution in [1.29, 1.82) is 0 Å². The molecule has 0 aromatic carbocycles. The van der Waals surface area contributed by atoms with Gasteiger partial charge in [-0.3, -0.25) is 0 Å². The Morgan fingerprint density at radius 3 is 2.05 bits per heavy atom. The van der Waals surface area contributed by atoms with Crippen LogP contribution in [-0.4, -0.2) is 36.2 Å². The molecule has 0 aromatic rings. The van der Waals surface area contributed by atoms with Crippen LogP contribution in [0.3, 0.4) is 0 Å². The van der Waals surface area contributed by atoms with E-state index in [2.05, 4.69) is 17.0 Å². The van der Waals surface area contributed by atoms with Gasteiger partial charge in [0, 0.05) is 5.88 Å². The van der Waals surface area contributed by atoms with Crippen LogP contribution in [0.2, 0.25) is 0 Å². The van der Waals surface area contributed by atoms with E-state index >= 15 is 0 Å².